The highest BCUT2D eigenvalue weighted by Crippen LogP contribution is 2.32. The van der Waals surface area contributed by atoms with Gasteiger partial charge < -0.3 is 15.0 Å². The lowest BCUT2D eigenvalue weighted by Gasteiger charge is -2.22. The van der Waals surface area contributed by atoms with Gasteiger partial charge in [0.15, 0.2) is 12.4 Å². The van der Waals surface area contributed by atoms with Gasteiger partial charge in [0.1, 0.15) is 0 Å². The van der Waals surface area contributed by atoms with Gasteiger partial charge >= 0.3 is 0 Å². The van der Waals surface area contributed by atoms with Crippen molar-refractivity contribution in [2.45, 2.75) is 12.8 Å². The smallest absolute Gasteiger partial charge is 0.262 e. The Labute approximate surface area is 105 Å². The summed E-state index contributed by atoms with van der Waals surface area (Å²) in [7, 11) is 0. The molecule has 3 rings (SSSR count). The maximum absolute atomic E-state index is 12.3. The van der Waals surface area contributed by atoms with E-state index in [0.29, 0.717) is 17.0 Å². The zero-order valence-electron chi connectivity index (χ0n) is 9.94. The Morgan fingerprint density at radius 1 is 1.28 bits per heavy atom. The van der Waals surface area contributed by atoms with Crippen molar-refractivity contribution in [1.29, 1.82) is 0 Å². The van der Waals surface area contributed by atoms with Crippen LogP contribution in [0.25, 0.3) is 0 Å². The lowest BCUT2D eigenvalue weighted by molar-refractivity contribution is -0.118. The third-order valence-corrected chi connectivity index (χ3v) is 3.26. The van der Waals surface area contributed by atoms with Crippen molar-refractivity contribution in [3.05, 3.63) is 23.8 Å². The molecule has 1 fully saturated rings. The topological polar surface area (TPSA) is 58.6 Å². The van der Waals surface area contributed by atoms with E-state index in [9.17, 15) is 9.59 Å². The van der Waals surface area contributed by atoms with Gasteiger partial charge in [-0.3, -0.25) is 9.59 Å². The molecule has 0 bridgehead atoms. The summed E-state index contributed by atoms with van der Waals surface area (Å²) in [5.74, 6) is 0.294. The molecule has 0 atom stereocenters. The zero-order chi connectivity index (χ0) is 12.5. The average molecular weight is 246 g/mol. The van der Waals surface area contributed by atoms with Crippen molar-refractivity contribution in [3.63, 3.8) is 0 Å². The third kappa shape index (κ3) is 1.81. The maximum atomic E-state index is 12.3. The largest absolute Gasteiger partial charge is 0.481 e. The first kappa shape index (κ1) is 11.1. The fourth-order valence-electron chi connectivity index (χ4n) is 2.37. The van der Waals surface area contributed by atoms with Crippen LogP contribution in [0.1, 0.15) is 23.2 Å². The van der Waals surface area contributed by atoms with E-state index < -0.39 is 0 Å². The summed E-state index contributed by atoms with van der Waals surface area (Å²) in [5, 5.41) is 2.71. The first-order valence-corrected chi connectivity index (χ1v) is 6.10. The van der Waals surface area contributed by atoms with Crippen molar-refractivity contribution in [2.24, 2.45) is 0 Å². The maximum Gasteiger partial charge on any atom is 0.262 e. The Balaban J connectivity index is 1.94. The van der Waals surface area contributed by atoms with Gasteiger partial charge in [-0.05, 0) is 25.0 Å². The van der Waals surface area contributed by atoms with Crippen molar-refractivity contribution in [2.75, 3.05) is 25.0 Å². The minimum atomic E-state index is -0.187. The first-order valence-electron chi connectivity index (χ1n) is 6.10. The fourth-order valence-corrected chi connectivity index (χ4v) is 2.37. The Morgan fingerprint density at radius 3 is 2.83 bits per heavy atom. The van der Waals surface area contributed by atoms with Gasteiger partial charge in [-0.15, -0.1) is 0 Å². The van der Waals surface area contributed by atoms with E-state index in [1.807, 2.05) is 4.90 Å². The number of nitrogens with one attached hydrogen (secondary N) is 1. The molecule has 0 saturated carbocycles. The molecule has 1 saturated heterocycles. The molecule has 2 heterocycles. The van der Waals surface area contributed by atoms with Crippen LogP contribution in [0.15, 0.2) is 18.2 Å². The summed E-state index contributed by atoms with van der Waals surface area (Å²) in [6, 6.07) is 5.25. The Kier molecular flexibility index (Phi) is 2.66. The Bertz CT molecular complexity index is 507. The van der Waals surface area contributed by atoms with E-state index in [1.54, 1.807) is 18.2 Å². The summed E-state index contributed by atoms with van der Waals surface area (Å²) in [6.45, 7) is 1.57. The molecule has 1 N–H and O–H groups in total. The molecule has 1 aromatic carbocycles. The van der Waals surface area contributed by atoms with Crippen molar-refractivity contribution < 1.29 is 14.3 Å². The summed E-state index contributed by atoms with van der Waals surface area (Å²) in [5.41, 5.74) is 1.12. The molecule has 1 aromatic rings. The monoisotopic (exact) mass is 246 g/mol. The number of anilines is 1. The number of amides is 2. The molecular formula is C13H14N2O3. The molecule has 2 amide bonds. The van der Waals surface area contributed by atoms with Gasteiger partial charge in [0.05, 0.1) is 11.3 Å². The van der Waals surface area contributed by atoms with E-state index in [-0.39, 0.29) is 18.4 Å². The van der Waals surface area contributed by atoms with Crippen molar-refractivity contribution in [1.82, 2.24) is 4.90 Å². The number of likely N-dealkylation sites (tertiary alicyclic amines) is 1. The lowest BCUT2D eigenvalue weighted by Crippen LogP contribution is -2.31. The van der Waals surface area contributed by atoms with Crippen LogP contribution in [-0.2, 0) is 4.79 Å². The Morgan fingerprint density at radius 2 is 2.06 bits per heavy atom. The van der Waals surface area contributed by atoms with E-state index in [1.165, 1.54) is 0 Å². The number of ether oxygens (including phenoxy) is 1. The van der Waals surface area contributed by atoms with E-state index in [0.717, 1.165) is 25.9 Å². The highest BCUT2D eigenvalue weighted by atomic mass is 16.5. The number of benzene rings is 1. The summed E-state index contributed by atoms with van der Waals surface area (Å²) in [4.78, 5) is 25.4. The summed E-state index contributed by atoms with van der Waals surface area (Å²) >= 11 is 0. The van der Waals surface area contributed by atoms with Crippen LogP contribution in [0.5, 0.6) is 5.75 Å². The van der Waals surface area contributed by atoms with Crippen LogP contribution in [0.3, 0.4) is 0 Å². The lowest BCUT2D eigenvalue weighted by atomic mass is 10.1. The number of hydrogen-bond acceptors (Lipinski definition) is 3. The Hall–Kier alpha value is -2.04. The van der Waals surface area contributed by atoms with Crippen LogP contribution >= 0.6 is 0 Å². The second-order valence-electron chi connectivity index (χ2n) is 4.52. The quantitative estimate of drug-likeness (QED) is 0.811. The SMILES string of the molecule is O=C1COc2c(cccc2C(=O)N2CCCC2)N1. The number of carbonyl (C=O) groups excluding carboxylic acids is 2. The molecule has 94 valence electrons. The van der Waals surface area contributed by atoms with Gasteiger partial charge in [-0.1, -0.05) is 6.07 Å². The molecule has 2 aliphatic heterocycles. The number of carbonyl (C=O) groups is 2. The average Bonchev–Trinajstić information content (AvgIpc) is 2.90. The van der Waals surface area contributed by atoms with Gasteiger partial charge in [-0.2, -0.15) is 0 Å². The normalized spacial score (nSPS) is 18.0. The first-order chi connectivity index (χ1) is 8.75. The van der Waals surface area contributed by atoms with E-state index in [4.69, 9.17) is 4.74 Å². The van der Waals surface area contributed by atoms with Gasteiger partial charge in [0.25, 0.3) is 11.8 Å². The molecule has 5 nitrogen and oxygen atoms in total. The van der Waals surface area contributed by atoms with Crippen molar-refractivity contribution in [3.8, 4) is 5.75 Å². The predicted molar refractivity (Wildman–Crippen MR) is 65.7 cm³/mol. The number of rotatable bonds is 1. The minimum Gasteiger partial charge on any atom is -0.481 e. The molecule has 2 aliphatic rings. The summed E-state index contributed by atoms with van der Waals surface area (Å²) < 4.78 is 5.39. The highest BCUT2D eigenvalue weighted by molar-refractivity contribution is 6.03. The van der Waals surface area contributed by atoms with E-state index >= 15 is 0 Å². The summed E-state index contributed by atoms with van der Waals surface area (Å²) in [6.07, 6.45) is 2.11. The van der Waals surface area contributed by atoms with Crippen LogP contribution in [0.4, 0.5) is 5.69 Å². The molecular weight excluding hydrogens is 232 g/mol. The number of nitrogens with zero attached hydrogens (tertiary/aromatic N) is 1. The number of fused-ring (bicyclic) bond motifs is 1. The molecule has 0 spiro atoms. The predicted octanol–water partition coefficient (Wildman–Crippen LogP) is 1.25. The van der Waals surface area contributed by atoms with Crippen LogP contribution in [-0.4, -0.2) is 36.4 Å². The molecule has 0 unspecified atom stereocenters. The number of para-hydroxylation sites is 1. The molecule has 18 heavy (non-hydrogen) atoms. The zero-order valence-corrected chi connectivity index (χ0v) is 9.94. The fraction of sp³-hybridized carbons (Fsp3) is 0.385. The van der Waals surface area contributed by atoms with Gasteiger partial charge in [0, 0.05) is 13.1 Å². The van der Waals surface area contributed by atoms with Gasteiger partial charge in [0.2, 0.25) is 0 Å². The molecule has 0 aromatic heterocycles. The number of hydrogen-bond donors (Lipinski definition) is 1. The van der Waals surface area contributed by atoms with Crippen LogP contribution < -0.4 is 10.1 Å². The standard InChI is InChI=1S/C13H14N2O3/c16-11-8-18-12-9(4-3-5-10(12)14-11)13(17)15-6-1-2-7-15/h3-5H,1-2,6-8H2,(H,14,16). The molecule has 0 aliphatic carbocycles. The third-order valence-electron chi connectivity index (χ3n) is 3.26. The van der Waals surface area contributed by atoms with Crippen LogP contribution in [0, 0.1) is 0 Å². The second kappa shape index (κ2) is 4.33. The highest BCUT2D eigenvalue weighted by Gasteiger charge is 2.26. The van der Waals surface area contributed by atoms with Crippen molar-refractivity contribution >= 4 is 17.5 Å². The molecule has 0 radical (unpaired) electrons. The molecule has 5 heteroatoms. The van der Waals surface area contributed by atoms with Gasteiger partial charge in [-0.25, -0.2) is 0 Å². The van der Waals surface area contributed by atoms with E-state index in [2.05, 4.69) is 5.32 Å². The second-order valence-corrected chi connectivity index (χ2v) is 4.52. The van der Waals surface area contributed by atoms with Crippen LogP contribution in [0.2, 0.25) is 0 Å². The minimum absolute atomic E-state index is 0.0134.